The Hall–Kier alpha value is -1.02. The molecule has 0 amide bonds. The first kappa shape index (κ1) is 12.4. The van der Waals surface area contributed by atoms with E-state index in [-0.39, 0.29) is 16.9 Å². The summed E-state index contributed by atoms with van der Waals surface area (Å²) in [6.45, 7) is 8.61. The molecule has 2 nitrogen and oxygen atoms in total. The van der Waals surface area contributed by atoms with Gasteiger partial charge in [0, 0.05) is 17.0 Å². The van der Waals surface area contributed by atoms with Crippen LogP contribution in [0.3, 0.4) is 0 Å². The zero-order chi connectivity index (χ0) is 12.8. The SMILES string of the molecule is CC(N)C1(c2cc(C(C)(C)C)ccc2O)CC1. The van der Waals surface area contributed by atoms with Crippen LogP contribution in [0.1, 0.15) is 51.7 Å². The molecule has 1 aromatic rings. The van der Waals surface area contributed by atoms with E-state index >= 15 is 0 Å². The van der Waals surface area contributed by atoms with Crippen molar-refractivity contribution in [3.05, 3.63) is 29.3 Å². The fourth-order valence-electron chi connectivity index (χ4n) is 2.51. The zero-order valence-electron chi connectivity index (χ0n) is 11.2. The van der Waals surface area contributed by atoms with Gasteiger partial charge in [-0.3, -0.25) is 0 Å². The quantitative estimate of drug-likeness (QED) is 0.824. The lowest BCUT2D eigenvalue weighted by molar-refractivity contribution is 0.444. The number of hydrogen-bond acceptors (Lipinski definition) is 2. The van der Waals surface area contributed by atoms with Crippen LogP contribution in [-0.2, 0) is 10.8 Å². The molecule has 17 heavy (non-hydrogen) atoms. The summed E-state index contributed by atoms with van der Waals surface area (Å²) in [4.78, 5) is 0. The van der Waals surface area contributed by atoms with Gasteiger partial charge in [-0.15, -0.1) is 0 Å². The molecule has 0 radical (unpaired) electrons. The van der Waals surface area contributed by atoms with Crippen molar-refractivity contribution in [2.75, 3.05) is 0 Å². The van der Waals surface area contributed by atoms with Gasteiger partial charge in [-0.05, 0) is 36.8 Å². The molecule has 1 aliphatic rings. The van der Waals surface area contributed by atoms with Gasteiger partial charge in [0.25, 0.3) is 0 Å². The van der Waals surface area contributed by atoms with Crippen LogP contribution in [-0.4, -0.2) is 11.1 Å². The highest BCUT2D eigenvalue weighted by Gasteiger charge is 2.49. The van der Waals surface area contributed by atoms with E-state index in [9.17, 15) is 5.11 Å². The topological polar surface area (TPSA) is 46.2 Å². The predicted molar refractivity (Wildman–Crippen MR) is 71.4 cm³/mol. The lowest BCUT2D eigenvalue weighted by atomic mass is 9.81. The van der Waals surface area contributed by atoms with Crippen LogP contribution in [0.25, 0.3) is 0 Å². The van der Waals surface area contributed by atoms with Crippen molar-refractivity contribution in [3.63, 3.8) is 0 Å². The Bertz CT molecular complexity index is 425. The zero-order valence-corrected chi connectivity index (χ0v) is 11.2. The van der Waals surface area contributed by atoms with E-state index < -0.39 is 0 Å². The van der Waals surface area contributed by atoms with Crippen molar-refractivity contribution in [2.24, 2.45) is 5.73 Å². The highest BCUT2D eigenvalue weighted by Crippen LogP contribution is 2.53. The van der Waals surface area contributed by atoms with E-state index in [2.05, 4.69) is 26.8 Å². The molecule has 1 saturated carbocycles. The molecule has 1 aliphatic carbocycles. The van der Waals surface area contributed by atoms with Gasteiger partial charge in [0.05, 0.1) is 0 Å². The van der Waals surface area contributed by atoms with Gasteiger partial charge in [-0.2, -0.15) is 0 Å². The highest BCUT2D eigenvalue weighted by molar-refractivity contribution is 5.47. The molecule has 0 spiro atoms. The summed E-state index contributed by atoms with van der Waals surface area (Å²) in [5.74, 6) is 0.396. The monoisotopic (exact) mass is 233 g/mol. The average Bonchev–Trinajstić information content (AvgIpc) is 2.97. The number of phenols is 1. The summed E-state index contributed by atoms with van der Waals surface area (Å²) in [6, 6.07) is 6.07. The molecule has 0 saturated heterocycles. The van der Waals surface area contributed by atoms with E-state index in [1.807, 2.05) is 19.1 Å². The summed E-state index contributed by atoms with van der Waals surface area (Å²) in [6.07, 6.45) is 2.18. The predicted octanol–water partition coefficient (Wildman–Crippen LogP) is 3.07. The van der Waals surface area contributed by atoms with E-state index in [0.29, 0.717) is 5.75 Å². The summed E-state index contributed by atoms with van der Waals surface area (Å²) >= 11 is 0. The van der Waals surface area contributed by atoms with Gasteiger partial charge < -0.3 is 10.8 Å². The first-order chi connectivity index (χ1) is 7.77. The van der Waals surface area contributed by atoms with Crippen molar-refractivity contribution in [1.29, 1.82) is 0 Å². The minimum absolute atomic E-state index is 0.0192. The lowest BCUT2D eigenvalue weighted by Gasteiger charge is -2.25. The van der Waals surface area contributed by atoms with E-state index in [0.717, 1.165) is 18.4 Å². The smallest absolute Gasteiger partial charge is 0.119 e. The van der Waals surface area contributed by atoms with Crippen LogP contribution < -0.4 is 5.73 Å². The van der Waals surface area contributed by atoms with Crippen LogP contribution in [0.2, 0.25) is 0 Å². The minimum Gasteiger partial charge on any atom is -0.508 e. The molecule has 0 aromatic heterocycles. The molecule has 3 N–H and O–H groups in total. The molecule has 0 bridgehead atoms. The van der Waals surface area contributed by atoms with Gasteiger partial charge in [0.2, 0.25) is 0 Å². The fraction of sp³-hybridized carbons (Fsp3) is 0.600. The molecule has 2 heteroatoms. The third-order valence-electron chi connectivity index (χ3n) is 4.06. The standard InChI is InChI=1S/C15H23NO/c1-10(16)15(7-8-15)12-9-11(14(2,3)4)5-6-13(12)17/h5-6,9-10,17H,7-8,16H2,1-4H3. The maximum absolute atomic E-state index is 10.1. The molecule has 1 fully saturated rings. The van der Waals surface area contributed by atoms with Crippen LogP contribution >= 0.6 is 0 Å². The van der Waals surface area contributed by atoms with Crippen molar-refractivity contribution in [1.82, 2.24) is 0 Å². The first-order valence-corrected chi connectivity index (χ1v) is 6.37. The molecule has 2 rings (SSSR count). The number of hydrogen-bond donors (Lipinski definition) is 2. The molecule has 94 valence electrons. The van der Waals surface area contributed by atoms with E-state index in [1.54, 1.807) is 0 Å². The molecule has 1 aromatic carbocycles. The molecular formula is C15H23NO. The minimum atomic E-state index is 0.0192. The Morgan fingerprint density at radius 1 is 1.29 bits per heavy atom. The Balaban J connectivity index is 2.48. The van der Waals surface area contributed by atoms with Gasteiger partial charge >= 0.3 is 0 Å². The second kappa shape index (κ2) is 3.74. The van der Waals surface area contributed by atoms with Gasteiger partial charge in [-0.25, -0.2) is 0 Å². The highest BCUT2D eigenvalue weighted by atomic mass is 16.3. The Morgan fingerprint density at radius 2 is 1.88 bits per heavy atom. The fourth-order valence-corrected chi connectivity index (χ4v) is 2.51. The normalized spacial score (nSPS) is 20.1. The second-order valence-corrected chi connectivity index (χ2v) is 6.43. The van der Waals surface area contributed by atoms with Crippen LogP contribution in [0.15, 0.2) is 18.2 Å². The Morgan fingerprint density at radius 3 is 2.29 bits per heavy atom. The lowest BCUT2D eigenvalue weighted by Crippen LogP contribution is -2.32. The summed E-state index contributed by atoms with van der Waals surface area (Å²) in [7, 11) is 0. The number of aromatic hydroxyl groups is 1. The van der Waals surface area contributed by atoms with Crippen molar-refractivity contribution >= 4 is 0 Å². The van der Waals surface area contributed by atoms with Crippen molar-refractivity contribution in [2.45, 2.75) is 57.4 Å². The van der Waals surface area contributed by atoms with Crippen LogP contribution in [0.5, 0.6) is 5.75 Å². The van der Waals surface area contributed by atoms with Gasteiger partial charge in [0.15, 0.2) is 0 Å². The number of rotatable bonds is 2. The molecular weight excluding hydrogens is 210 g/mol. The van der Waals surface area contributed by atoms with Gasteiger partial charge in [-0.1, -0.05) is 32.9 Å². The maximum Gasteiger partial charge on any atom is 0.119 e. The second-order valence-electron chi connectivity index (χ2n) is 6.43. The van der Waals surface area contributed by atoms with Crippen LogP contribution in [0, 0.1) is 0 Å². The Labute approximate surface area is 104 Å². The average molecular weight is 233 g/mol. The summed E-state index contributed by atoms with van der Waals surface area (Å²) < 4.78 is 0. The third-order valence-corrected chi connectivity index (χ3v) is 4.06. The molecule has 1 unspecified atom stereocenters. The van der Waals surface area contributed by atoms with Crippen LogP contribution in [0.4, 0.5) is 0 Å². The number of phenolic OH excluding ortho intramolecular Hbond substituents is 1. The maximum atomic E-state index is 10.1. The van der Waals surface area contributed by atoms with Gasteiger partial charge in [0.1, 0.15) is 5.75 Å². The third kappa shape index (κ3) is 2.06. The summed E-state index contributed by atoms with van der Waals surface area (Å²) in [5, 5.41) is 10.1. The van der Waals surface area contributed by atoms with E-state index in [4.69, 9.17) is 5.73 Å². The molecule has 1 atom stereocenters. The Kier molecular flexibility index (Phi) is 2.74. The molecule has 0 heterocycles. The van der Waals surface area contributed by atoms with Crippen molar-refractivity contribution < 1.29 is 5.11 Å². The number of benzene rings is 1. The van der Waals surface area contributed by atoms with Crippen molar-refractivity contribution in [3.8, 4) is 5.75 Å². The molecule has 0 aliphatic heterocycles. The first-order valence-electron chi connectivity index (χ1n) is 6.37. The summed E-state index contributed by atoms with van der Waals surface area (Å²) in [5.41, 5.74) is 8.51. The number of nitrogens with two attached hydrogens (primary N) is 1. The largest absolute Gasteiger partial charge is 0.508 e. The van der Waals surface area contributed by atoms with E-state index in [1.165, 1.54) is 5.56 Å².